The third kappa shape index (κ3) is 4.72. The van der Waals surface area contributed by atoms with Crippen molar-refractivity contribution >= 4 is 17.5 Å². The van der Waals surface area contributed by atoms with Crippen molar-refractivity contribution in [2.24, 2.45) is 0 Å². The summed E-state index contributed by atoms with van der Waals surface area (Å²) in [6, 6.07) is 9.84. The van der Waals surface area contributed by atoms with E-state index in [0.717, 1.165) is 35.5 Å². The first-order valence-corrected chi connectivity index (χ1v) is 10.2. The van der Waals surface area contributed by atoms with Gasteiger partial charge in [0.05, 0.1) is 5.75 Å². The summed E-state index contributed by atoms with van der Waals surface area (Å²) < 4.78 is 13.0. The number of methoxy groups -OCH3 is 1. The molecule has 28 heavy (non-hydrogen) atoms. The molecule has 0 N–H and O–H groups in total. The van der Waals surface area contributed by atoms with Crippen LogP contribution in [0.25, 0.3) is 11.5 Å². The van der Waals surface area contributed by atoms with Crippen LogP contribution in [0.3, 0.4) is 0 Å². The lowest BCUT2D eigenvalue weighted by Crippen LogP contribution is -2.08. The van der Waals surface area contributed by atoms with Crippen LogP contribution in [-0.4, -0.2) is 40.0 Å². The van der Waals surface area contributed by atoms with Gasteiger partial charge >= 0.3 is 0 Å². The molecule has 6 nitrogen and oxygen atoms in total. The Labute approximate surface area is 169 Å². The first-order chi connectivity index (χ1) is 13.5. The van der Waals surface area contributed by atoms with Gasteiger partial charge in [0.15, 0.2) is 5.78 Å². The summed E-state index contributed by atoms with van der Waals surface area (Å²) in [6.07, 6.45) is 0.916. The summed E-state index contributed by atoms with van der Waals surface area (Å²) >= 11 is 1.27. The Kier molecular flexibility index (Phi) is 6.70. The fraction of sp³-hybridized carbons (Fsp3) is 0.381. The van der Waals surface area contributed by atoms with Crippen LogP contribution in [0.4, 0.5) is 0 Å². The molecule has 3 aromatic rings. The van der Waals surface area contributed by atoms with E-state index < -0.39 is 0 Å². The van der Waals surface area contributed by atoms with Gasteiger partial charge in [-0.1, -0.05) is 29.5 Å². The SMILES string of the molecule is COCCCn1c(C)cc(C(=O)CSc2nnc(-c3ccc(C)cc3)o2)c1C. The molecule has 0 radical (unpaired) electrons. The third-order valence-electron chi connectivity index (χ3n) is 4.64. The number of hydrogen-bond acceptors (Lipinski definition) is 6. The summed E-state index contributed by atoms with van der Waals surface area (Å²) in [5, 5.41) is 8.53. The summed E-state index contributed by atoms with van der Waals surface area (Å²) in [5.41, 5.74) is 4.87. The monoisotopic (exact) mass is 399 g/mol. The van der Waals surface area contributed by atoms with E-state index in [-0.39, 0.29) is 11.5 Å². The third-order valence-corrected chi connectivity index (χ3v) is 5.45. The number of carbonyl (C=O) groups excluding carboxylic acids is 1. The number of aromatic nitrogens is 3. The molecule has 0 aliphatic rings. The van der Waals surface area contributed by atoms with Gasteiger partial charge in [-0.05, 0) is 45.4 Å². The maximum atomic E-state index is 12.7. The lowest BCUT2D eigenvalue weighted by atomic mass is 10.1. The normalized spacial score (nSPS) is 11.1. The highest BCUT2D eigenvalue weighted by molar-refractivity contribution is 7.99. The Morgan fingerprint density at radius 3 is 2.64 bits per heavy atom. The molecule has 148 valence electrons. The van der Waals surface area contributed by atoms with Gasteiger partial charge in [0.1, 0.15) is 0 Å². The van der Waals surface area contributed by atoms with Gasteiger partial charge in [-0.15, -0.1) is 10.2 Å². The zero-order valence-corrected chi connectivity index (χ0v) is 17.5. The Morgan fingerprint density at radius 2 is 1.93 bits per heavy atom. The highest BCUT2D eigenvalue weighted by atomic mass is 32.2. The number of rotatable bonds is 9. The molecule has 0 spiro atoms. The average Bonchev–Trinajstić information content (AvgIpc) is 3.26. The number of nitrogens with zero attached hydrogens (tertiary/aromatic N) is 3. The van der Waals surface area contributed by atoms with Crippen LogP contribution in [0, 0.1) is 20.8 Å². The van der Waals surface area contributed by atoms with Gasteiger partial charge in [-0.3, -0.25) is 4.79 Å². The summed E-state index contributed by atoms with van der Waals surface area (Å²) in [4.78, 5) is 12.7. The quantitative estimate of drug-likeness (QED) is 0.300. The van der Waals surface area contributed by atoms with Crippen molar-refractivity contribution in [2.45, 2.75) is 39.0 Å². The van der Waals surface area contributed by atoms with Crippen LogP contribution in [0.5, 0.6) is 0 Å². The number of ether oxygens (including phenoxy) is 1. The zero-order chi connectivity index (χ0) is 20.1. The molecule has 0 amide bonds. The number of ketones is 1. The van der Waals surface area contributed by atoms with E-state index in [1.54, 1.807) is 7.11 Å². The zero-order valence-electron chi connectivity index (χ0n) is 16.7. The van der Waals surface area contributed by atoms with E-state index in [9.17, 15) is 4.79 Å². The maximum absolute atomic E-state index is 12.7. The molecule has 0 unspecified atom stereocenters. The Morgan fingerprint density at radius 1 is 1.18 bits per heavy atom. The molecule has 2 aromatic heterocycles. The molecule has 0 saturated heterocycles. The maximum Gasteiger partial charge on any atom is 0.277 e. The van der Waals surface area contributed by atoms with Crippen molar-refractivity contribution in [3.8, 4) is 11.5 Å². The van der Waals surface area contributed by atoms with E-state index in [1.165, 1.54) is 17.3 Å². The molecular weight excluding hydrogens is 374 g/mol. The topological polar surface area (TPSA) is 70.2 Å². The molecule has 0 fully saturated rings. The molecule has 0 atom stereocenters. The molecule has 0 aliphatic heterocycles. The van der Waals surface area contributed by atoms with Crippen LogP contribution < -0.4 is 0 Å². The molecule has 3 rings (SSSR count). The van der Waals surface area contributed by atoms with Crippen LogP contribution in [0.15, 0.2) is 40.0 Å². The minimum atomic E-state index is 0.0613. The Bertz CT molecular complexity index is 944. The van der Waals surface area contributed by atoms with Crippen molar-refractivity contribution < 1.29 is 13.9 Å². The van der Waals surface area contributed by atoms with Crippen LogP contribution in [0.1, 0.15) is 33.7 Å². The van der Waals surface area contributed by atoms with E-state index in [1.807, 2.05) is 51.1 Å². The van der Waals surface area contributed by atoms with Gasteiger partial charge in [-0.25, -0.2) is 0 Å². The number of thioether (sulfide) groups is 1. The van der Waals surface area contributed by atoms with Crippen molar-refractivity contribution in [3.05, 3.63) is 52.8 Å². The van der Waals surface area contributed by atoms with E-state index >= 15 is 0 Å². The van der Waals surface area contributed by atoms with E-state index in [0.29, 0.717) is 17.7 Å². The van der Waals surface area contributed by atoms with Gasteiger partial charge in [0, 0.05) is 42.8 Å². The lowest BCUT2D eigenvalue weighted by Gasteiger charge is -2.09. The van der Waals surface area contributed by atoms with Crippen LogP contribution in [0.2, 0.25) is 0 Å². The van der Waals surface area contributed by atoms with Crippen molar-refractivity contribution in [3.63, 3.8) is 0 Å². The summed E-state index contributed by atoms with van der Waals surface area (Å²) in [7, 11) is 1.70. The van der Waals surface area contributed by atoms with Crippen molar-refractivity contribution in [1.82, 2.24) is 14.8 Å². The van der Waals surface area contributed by atoms with Crippen LogP contribution in [-0.2, 0) is 11.3 Å². The summed E-state index contributed by atoms with van der Waals surface area (Å²) in [5.74, 6) is 0.787. The minimum absolute atomic E-state index is 0.0613. The highest BCUT2D eigenvalue weighted by Crippen LogP contribution is 2.25. The van der Waals surface area contributed by atoms with Crippen molar-refractivity contribution in [2.75, 3.05) is 19.5 Å². The molecule has 7 heteroatoms. The second-order valence-corrected chi connectivity index (χ2v) is 7.66. The van der Waals surface area contributed by atoms with Crippen LogP contribution >= 0.6 is 11.8 Å². The molecular formula is C21H25N3O3S. The predicted octanol–water partition coefficient (Wildman–Crippen LogP) is 4.47. The highest BCUT2D eigenvalue weighted by Gasteiger charge is 2.17. The van der Waals surface area contributed by atoms with Gasteiger partial charge in [-0.2, -0.15) is 0 Å². The second-order valence-electron chi connectivity index (χ2n) is 6.73. The van der Waals surface area contributed by atoms with Gasteiger partial charge < -0.3 is 13.7 Å². The van der Waals surface area contributed by atoms with Gasteiger partial charge in [0.25, 0.3) is 5.22 Å². The van der Waals surface area contributed by atoms with Gasteiger partial charge in [0.2, 0.25) is 5.89 Å². The Hall–Kier alpha value is -2.38. The van der Waals surface area contributed by atoms with Crippen molar-refractivity contribution in [1.29, 1.82) is 0 Å². The Balaban J connectivity index is 1.63. The first-order valence-electron chi connectivity index (χ1n) is 9.22. The first kappa shape index (κ1) is 20.4. The number of hydrogen-bond donors (Lipinski definition) is 0. The molecule has 0 bridgehead atoms. The van der Waals surface area contributed by atoms with E-state index in [2.05, 4.69) is 14.8 Å². The number of carbonyl (C=O) groups is 1. The average molecular weight is 400 g/mol. The molecule has 2 heterocycles. The second kappa shape index (κ2) is 9.21. The van der Waals surface area contributed by atoms with E-state index in [4.69, 9.17) is 9.15 Å². The fourth-order valence-corrected chi connectivity index (χ4v) is 3.73. The fourth-order valence-electron chi connectivity index (χ4n) is 3.08. The predicted molar refractivity (Wildman–Crippen MR) is 110 cm³/mol. The molecule has 0 saturated carbocycles. The summed E-state index contributed by atoms with van der Waals surface area (Å²) in [6.45, 7) is 7.58. The number of benzene rings is 1. The lowest BCUT2D eigenvalue weighted by molar-refractivity contribution is 0.102. The molecule has 1 aromatic carbocycles. The molecule has 0 aliphatic carbocycles. The minimum Gasteiger partial charge on any atom is -0.411 e. The standard InChI is InChI=1S/C21H25N3O3S/c1-14-6-8-17(9-7-14)20-22-23-21(27-20)28-13-19(25)18-12-15(2)24(16(18)3)10-5-11-26-4/h6-9,12H,5,10-11,13H2,1-4H3. The largest absolute Gasteiger partial charge is 0.411 e. The number of Topliss-reactive ketones (excluding diaryl/α,β-unsaturated/α-hetero) is 1. The number of aryl methyl sites for hydroxylation is 2. The smallest absolute Gasteiger partial charge is 0.277 e.